The highest BCUT2D eigenvalue weighted by atomic mass is 35.5. The van der Waals surface area contributed by atoms with Crippen LogP contribution in [0, 0.1) is 12.8 Å². The van der Waals surface area contributed by atoms with Gasteiger partial charge in [0.2, 0.25) is 0 Å². The van der Waals surface area contributed by atoms with Gasteiger partial charge in [0.1, 0.15) is 0 Å². The van der Waals surface area contributed by atoms with Crippen molar-refractivity contribution in [2.45, 2.75) is 45.1 Å². The molecule has 17 heavy (non-hydrogen) atoms. The Hall–Kier alpha value is -0.580. The van der Waals surface area contributed by atoms with Crippen LogP contribution in [0.15, 0.2) is 0 Å². The predicted molar refractivity (Wildman–Crippen MR) is 69.7 cm³/mol. The van der Waals surface area contributed by atoms with Gasteiger partial charge in [-0.05, 0) is 25.7 Å². The molecule has 1 atom stereocenters. The summed E-state index contributed by atoms with van der Waals surface area (Å²) in [7, 11) is 1.94. The summed E-state index contributed by atoms with van der Waals surface area (Å²) in [5, 5.41) is 5.12. The van der Waals surface area contributed by atoms with Crippen LogP contribution in [-0.4, -0.2) is 15.8 Å². The van der Waals surface area contributed by atoms with Gasteiger partial charge in [-0.2, -0.15) is 5.10 Å². The number of aryl methyl sites for hydroxylation is 2. The van der Waals surface area contributed by atoms with E-state index in [4.69, 9.17) is 17.4 Å². The molecule has 1 aromatic heterocycles. The number of rotatable bonds is 4. The van der Waals surface area contributed by atoms with Gasteiger partial charge < -0.3 is 0 Å². The summed E-state index contributed by atoms with van der Waals surface area (Å²) >= 11 is 6.27. The number of halogens is 1. The normalized spacial score (nSPS) is 18.8. The van der Waals surface area contributed by atoms with E-state index < -0.39 is 0 Å². The van der Waals surface area contributed by atoms with Crippen molar-refractivity contribution in [2.75, 3.05) is 0 Å². The lowest BCUT2D eigenvalue weighted by Crippen LogP contribution is -2.42. The first-order valence-electron chi connectivity index (χ1n) is 6.27. The summed E-state index contributed by atoms with van der Waals surface area (Å²) in [5.74, 6) is 6.36. The third kappa shape index (κ3) is 2.64. The molecule has 1 aliphatic carbocycles. The van der Waals surface area contributed by atoms with Crippen LogP contribution in [0.2, 0.25) is 5.02 Å². The molecular formula is C12H21ClN4. The number of aromatic nitrogens is 2. The lowest BCUT2D eigenvalue weighted by Gasteiger charge is -2.22. The van der Waals surface area contributed by atoms with E-state index in [9.17, 15) is 0 Å². The van der Waals surface area contributed by atoms with Crippen molar-refractivity contribution in [1.82, 2.24) is 15.2 Å². The van der Waals surface area contributed by atoms with E-state index in [1.165, 1.54) is 25.7 Å². The zero-order valence-electron chi connectivity index (χ0n) is 10.5. The third-order valence-corrected chi connectivity index (χ3v) is 4.35. The molecule has 0 amide bonds. The number of nitrogens with zero attached hydrogens (tertiary/aromatic N) is 2. The van der Waals surface area contributed by atoms with Gasteiger partial charge in [-0.25, -0.2) is 0 Å². The molecule has 1 saturated carbocycles. The number of nitrogens with one attached hydrogen (secondary N) is 1. The molecule has 1 fully saturated rings. The fourth-order valence-electron chi connectivity index (χ4n) is 2.83. The van der Waals surface area contributed by atoms with Crippen LogP contribution < -0.4 is 11.3 Å². The average Bonchev–Trinajstić information content (AvgIpc) is 2.89. The summed E-state index contributed by atoms with van der Waals surface area (Å²) < 4.78 is 1.87. The van der Waals surface area contributed by atoms with Crippen LogP contribution in [0.3, 0.4) is 0 Å². The third-order valence-electron chi connectivity index (χ3n) is 3.86. The van der Waals surface area contributed by atoms with E-state index in [-0.39, 0.29) is 0 Å². The van der Waals surface area contributed by atoms with Crippen LogP contribution in [0.25, 0.3) is 0 Å². The second-order valence-corrected chi connectivity index (χ2v) is 5.37. The summed E-state index contributed by atoms with van der Waals surface area (Å²) in [4.78, 5) is 0. The van der Waals surface area contributed by atoms with Crippen LogP contribution in [-0.2, 0) is 13.5 Å². The maximum Gasteiger partial charge on any atom is 0.0847 e. The molecule has 0 saturated heterocycles. The van der Waals surface area contributed by atoms with Crippen LogP contribution in [0.4, 0.5) is 0 Å². The van der Waals surface area contributed by atoms with Gasteiger partial charge in [-0.3, -0.25) is 16.0 Å². The van der Waals surface area contributed by atoms with Gasteiger partial charge in [0.15, 0.2) is 0 Å². The number of hydrazine groups is 1. The van der Waals surface area contributed by atoms with E-state index in [0.29, 0.717) is 12.0 Å². The molecule has 3 N–H and O–H groups in total. The first-order chi connectivity index (χ1) is 8.13. The maximum atomic E-state index is 6.27. The molecule has 1 aromatic rings. The van der Waals surface area contributed by atoms with E-state index in [0.717, 1.165) is 22.8 Å². The van der Waals surface area contributed by atoms with Gasteiger partial charge in [-0.15, -0.1) is 0 Å². The molecule has 0 spiro atoms. The fraction of sp³-hybridized carbons (Fsp3) is 0.750. The quantitative estimate of drug-likeness (QED) is 0.640. The van der Waals surface area contributed by atoms with Crippen molar-refractivity contribution in [3.8, 4) is 0 Å². The van der Waals surface area contributed by atoms with Gasteiger partial charge in [-0.1, -0.05) is 24.4 Å². The van der Waals surface area contributed by atoms with Crippen LogP contribution in [0.5, 0.6) is 0 Å². The van der Waals surface area contributed by atoms with E-state index in [1.54, 1.807) is 0 Å². The first-order valence-corrected chi connectivity index (χ1v) is 6.65. The first kappa shape index (κ1) is 12.9. The minimum Gasteiger partial charge on any atom is -0.271 e. The molecule has 0 aliphatic heterocycles. The van der Waals surface area contributed by atoms with Gasteiger partial charge in [0, 0.05) is 19.5 Å². The molecule has 4 nitrogen and oxygen atoms in total. The van der Waals surface area contributed by atoms with E-state index in [1.807, 2.05) is 18.7 Å². The monoisotopic (exact) mass is 256 g/mol. The SMILES string of the molecule is Cc1nn(C)c(CC(NN)C2CCCC2)c1Cl. The molecule has 0 radical (unpaired) electrons. The molecule has 96 valence electrons. The Balaban J connectivity index is 2.12. The average molecular weight is 257 g/mol. The van der Waals surface area contributed by atoms with E-state index >= 15 is 0 Å². The summed E-state index contributed by atoms with van der Waals surface area (Å²) in [6.07, 6.45) is 6.03. The van der Waals surface area contributed by atoms with Crippen LogP contribution >= 0.6 is 11.6 Å². The molecule has 1 unspecified atom stereocenters. The minimum atomic E-state index is 0.310. The molecule has 0 bridgehead atoms. The smallest absolute Gasteiger partial charge is 0.0847 e. The second kappa shape index (κ2) is 5.38. The summed E-state index contributed by atoms with van der Waals surface area (Å²) in [6.45, 7) is 1.94. The van der Waals surface area contributed by atoms with Crippen molar-refractivity contribution >= 4 is 11.6 Å². The van der Waals surface area contributed by atoms with Gasteiger partial charge >= 0.3 is 0 Å². The molecule has 1 aliphatic rings. The van der Waals surface area contributed by atoms with Gasteiger partial charge in [0.25, 0.3) is 0 Å². The minimum absolute atomic E-state index is 0.310. The fourth-order valence-corrected chi connectivity index (χ4v) is 3.07. The lowest BCUT2D eigenvalue weighted by molar-refractivity contribution is 0.355. The predicted octanol–water partition coefficient (Wildman–Crippen LogP) is 1.95. The zero-order valence-corrected chi connectivity index (χ0v) is 11.3. The Bertz CT molecular complexity index is 382. The highest BCUT2D eigenvalue weighted by Gasteiger charge is 2.26. The Kier molecular flexibility index (Phi) is 4.07. The maximum absolute atomic E-state index is 6.27. The molecule has 2 rings (SSSR count). The molecule has 5 heteroatoms. The van der Waals surface area contributed by atoms with Crippen molar-refractivity contribution < 1.29 is 0 Å². The van der Waals surface area contributed by atoms with Crippen molar-refractivity contribution in [2.24, 2.45) is 18.8 Å². The highest BCUT2D eigenvalue weighted by molar-refractivity contribution is 6.31. The Labute approximate surface area is 107 Å². The van der Waals surface area contributed by atoms with Crippen molar-refractivity contribution in [3.63, 3.8) is 0 Å². The van der Waals surface area contributed by atoms with Gasteiger partial charge in [0.05, 0.1) is 16.4 Å². The standard InChI is InChI=1S/C12H21ClN4/c1-8-12(13)11(17(2)16-8)7-10(15-14)9-5-3-4-6-9/h9-10,15H,3-7,14H2,1-2H3. The summed E-state index contributed by atoms with van der Waals surface area (Å²) in [5.41, 5.74) is 4.93. The zero-order chi connectivity index (χ0) is 12.4. The van der Waals surface area contributed by atoms with Crippen molar-refractivity contribution in [3.05, 3.63) is 16.4 Å². The summed E-state index contributed by atoms with van der Waals surface area (Å²) in [6, 6.07) is 0.310. The van der Waals surface area contributed by atoms with Crippen molar-refractivity contribution in [1.29, 1.82) is 0 Å². The largest absolute Gasteiger partial charge is 0.271 e. The Morgan fingerprint density at radius 1 is 1.53 bits per heavy atom. The lowest BCUT2D eigenvalue weighted by atomic mass is 9.94. The Morgan fingerprint density at radius 2 is 2.18 bits per heavy atom. The molecule has 1 heterocycles. The topological polar surface area (TPSA) is 55.9 Å². The van der Waals surface area contributed by atoms with E-state index in [2.05, 4.69) is 10.5 Å². The number of nitrogens with two attached hydrogens (primary N) is 1. The Morgan fingerprint density at radius 3 is 2.65 bits per heavy atom. The number of hydrogen-bond acceptors (Lipinski definition) is 3. The molecular weight excluding hydrogens is 236 g/mol. The molecule has 0 aromatic carbocycles. The van der Waals surface area contributed by atoms with Crippen LogP contribution in [0.1, 0.15) is 37.1 Å². The number of hydrogen-bond donors (Lipinski definition) is 2. The second-order valence-electron chi connectivity index (χ2n) is 4.99. The highest BCUT2D eigenvalue weighted by Crippen LogP contribution is 2.30.